The third kappa shape index (κ3) is 5.88. The summed E-state index contributed by atoms with van der Waals surface area (Å²) in [6.07, 6.45) is 5.12. The monoisotopic (exact) mass is 396 g/mol. The van der Waals surface area contributed by atoms with Gasteiger partial charge in [-0.15, -0.1) is 5.10 Å². The molecule has 1 aliphatic heterocycles. The van der Waals surface area contributed by atoms with E-state index in [-0.39, 0.29) is 24.1 Å². The molecular weight excluding hydrogens is 379 g/mol. The number of anilines is 1. The normalized spacial score (nSPS) is 18.1. The highest BCUT2D eigenvalue weighted by molar-refractivity contribution is 8.15. The second-order valence-corrected chi connectivity index (χ2v) is 6.99. The van der Waals surface area contributed by atoms with Crippen LogP contribution in [0.3, 0.4) is 0 Å². The number of nitrogens with zero attached hydrogens (tertiary/aromatic N) is 2. The number of thioether (sulfide) groups is 1. The van der Waals surface area contributed by atoms with Crippen molar-refractivity contribution in [2.24, 2.45) is 10.2 Å². The summed E-state index contributed by atoms with van der Waals surface area (Å²) < 4.78 is 12.9. The van der Waals surface area contributed by atoms with Crippen molar-refractivity contribution in [1.29, 1.82) is 0 Å². The van der Waals surface area contributed by atoms with E-state index < -0.39 is 5.25 Å². The van der Waals surface area contributed by atoms with E-state index in [1.165, 1.54) is 30.5 Å². The number of nitrogens with one attached hydrogen (secondary N) is 2. The van der Waals surface area contributed by atoms with Crippen LogP contribution >= 0.6 is 11.8 Å². The Labute approximate surface area is 165 Å². The number of hydrogen-bond donors (Lipinski definition) is 2. The van der Waals surface area contributed by atoms with E-state index in [1.54, 1.807) is 6.08 Å². The molecule has 2 aromatic carbocycles. The highest BCUT2D eigenvalue weighted by Crippen LogP contribution is 2.23. The second-order valence-electron chi connectivity index (χ2n) is 5.79. The topological polar surface area (TPSA) is 82.9 Å². The molecule has 2 amide bonds. The molecule has 0 aliphatic carbocycles. The smallest absolute Gasteiger partial charge is 0.240 e. The van der Waals surface area contributed by atoms with Crippen molar-refractivity contribution in [3.63, 3.8) is 0 Å². The lowest BCUT2D eigenvalue weighted by Crippen LogP contribution is -2.28. The largest absolute Gasteiger partial charge is 0.326 e. The van der Waals surface area contributed by atoms with Crippen LogP contribution in [0.4, 0.5) is 10.1 Å². The number of hydrogen-bond acceptors (Lipinski definition) is 5. The van der Waals surface area contributed by atoms with E-state index >= 15 is 0 Å². The lowest BCUT2D eigenvalue weighted by molar-refractivity contribution is -0.122. The van der Waals surface area contributed by atoms with Gasteiger partial charge < -0.3 is 10.6 Å². The van der Waals surface area contributed by atoms with Gasteiger partial charge in [0, 0.05) is 18.3 Å². The van der Waals surface area contributed by atoms with E-state index in [1.807, 2.05) is 36.4 Å². The summed E-state index contributed by atoms with van der Waals surface area (Å²) in [6, 6.07) is 15.2. The van der Waals surface area contributed by atoms with E-state index in [2.05, 4.69) is 20.8 Å². The zero-order valence-electron chi connectivity index (χ0n) is 14.7. The number of amides is 2. The summed E-state index contributed by atoms with van der Waals surface area (Å²) in [5.41, 5.74) is 1.51. The summed E-state index contributed by atoms with van der Waals surface area (Å²) >= 11 is 1.15. The van der Waals surface area contributed by atoms with Crippen LogP contribution in [-0.4, -0.2) is 28.4 Å². The Morgan fingerprint density at radius 3 is 2.68 bits per heavy atom. The summed E-state index contributed by atoms with van der Waals surface area (Å²) in [5, 5.41) is 12.8. The Bertz CT molecular complexity index is 927. The van der Waals surface area contributed by atoms with Crippen LogP contribution in [0.1, 0.15) is 12.0 Å². The molecule has 1 atom stereocenters. The molecule has 1 fully saturated rings. The molecule has 2 N–H and O–H groups in total. The third-order valence-electron chi connectivity index (χ3n) is 3.66. The summed E-state index contributed by atoms with van der Waals surface area (Å²) in [7, 11) is 0. The van der Waals surface area contributed by atoms with Crippen LogP contribution in [0.15, 0.2) is 70.9 Å². The Morgan fingerprint density at radius 1 is 1.18 bits per heavy atom. The Hall–Kier alpha value is -3.26. The molecule has 0 radical (unpaired) electrons. The maximum absolute atomic E-state index is 12.9. The number of halogens is 1. The van der Waals surface area contributed by atoms with Gasteiger partial charge in [-0.25, -0.2) is 4.39 Å². The molecule has 0 aromatic heterocycles. The molecule has 3 rings (SSSR count). The lowest BCUT2D eigenvalue weighted by Gasteiger charge is -2.07. The second kappa shape index (κ2) is 9.61. The van der Waals surface area contributed by atoms with Gasteiger partial charge >= 0.3 is 0 Å². The Balaban J connectivity index is 1.49. The average molecular weight is 396 g/mol. The van der Waals surface area contributed by atoms with Gasteiger partial charge in [-0.05, 0) is 35.9 Å². The molecule has 142 valence electrons. The number of amidine groups is 1. The maximum Gasteiger partial charge on any atom is 0.240 e. The van der Waals surface area contributed by atoms with E-state index in [0.717, 1.165) is 17.3 Å². The predicted molar refractivity (Wildman–Crippen MR) is 111 cm³/mol. The third-order valence-corrected chi connectivity index (χ3v) is 4.74. The predicted octanol–water partition coefficient (Wildman–Crippen LogP) is 3.44. The molecule has 8 heteroatoms. The van der Waals surface area contributed by atoms with Gasteiger partial charge in [-0.3, -0.25) is 9.59 Å². The van der Waals surface area contributed by atoms with Gasteiger partial charge in [0.2, 0.25) is 11.8 Å². The van der Waals surface area contributed by atoms with Gasteiger partial charge in [0.05, 0.1) is 0 Å². The standard InChI is InChI=1S/C20H17FN4O2S/c21-15-8-10-16(11-9-15)23-18(26)13-17-19(27)24-20(28-17)25-22-12-4-7-14-5-2-1-3-6-14/h1-12,17H,13H2,(H,23,26)(H,24,25,27)/b7-4+,22-12-/t17-/m0/s1. The van der Waals surface area contributed by atoms with Crippen molar-refractivity contribution in [1.82, 2.24) is 5.32 Å². The first-order valence-corrected chi connectivity index (χ1v) is 9.34. The van der Waals surface area contributed by atoms with Crippen molar-refractivity contribution in [3.8, 4) is 0 Å². The summed E-state index contributed by atoms with van der Waals surface area (Å²) in [6.45, 7) is 0. The fourth-order valence-corrected chi connectivity index (χ4v) is 3.27. The first kappa shape index (κ1) is 19.5. The number of allylic oxidation sites excluding steroid dienone is 1. The van der Waals surface area contributed by atoms with E-state index in [4.69, 9.17) is 0 Å². The average Bonchev–Trinajstić information content (AvgIpc) is 3.03. The molecular formula is C20H17FN4O2S. The number of carbonyl (C=O) groups is 2. The summed E-state index contributed by atoms with van der Waals surface area (Å²) in [4.78, 5) is 24.0. The number of rotatable bonds is 6. The van der Waals surface area contributed by atoms with Gasteiger partial charge in [0.1, 0.15) is 11.1 Å². The first-order valence-electron chi connectivity index (χ1n) is 8.46. The summed E-state index contributed by atoms with van der Waals surface area (Å²) in [5.74, 6) is -1.02. The zero-order chi connectivity index (χ0) is 19.8. The number of benzene rings is 2. The zero-order valence-corrected chi connectivity index (χ0v) is 15.5. The fourth-order valence-electron chi connectivity index (χ4n) is 2.34. The molecule has 0 saturated carbocycles. The van der Waals surface area contributed by atoms with Crippen LogP contribution in [-0.2, 0) is 9.59 Å². The Morgan fingerprint density at radius 2 is 1.93 bits per heavy atom. The van der Waals surface area contributed by atoms with Crippen LogP contribution < -0.4 is 10.6 Å². The minimum atomic E-state index is -0.589. The molecule has 0 spiro atoms. The first-order chi connectivity index (χ1) is 13.6. The minimum absolute atomic E-state index is 0.0233. The minimum Gasteiger partial charge on any atom is -0.326 e. The molecule has 1 heterocycles. The van der Waals surface area contributed by atoms with Gasteiger partial charge in [0.15, 0.2) is 5.17 Å². The van der Waals surface area contributed by atoms with Gasteiger partial charge in [-0.1, -0.05) is 48.2 Å². The van der Waals surface area contributed by atoms with Crippen LogP contribution in [0, 0.1) is 5.82 Å². The van der Waals surface area contributed by atoms with Crippen molar-refractivity contribution >= 4 is 46.7 Å². The van der Waals surface area contributed by atoms with Crippen molar-refractivity contribution in [2.45, 2.75) is 11.7 Å². The Kier molecular flexibility index (Phi) is 6.69. The number of carbonyl (C=O) groups excluding carboxylic acids is 2. The van der Waals surface area contributed by atoms with Crippen molar-refractivity contribution < 1.29 is 14.0 Å². The van der Waals surface area contributed by atoms with Crippen LogP contribution in [0.2, 0.25) is 0 Å². The van der Waals surface area contributed by atoms with Crippen molar-refractivity contribution in [3.05, 3.63) is 72.1 Å². The van der Waals surface area contributed by atoms with Crippen LogP contribution in [0.25, 0.3) is 6.08 Å². The highest BCUT2D eigenvalue weighted by atomic mass is 32.2. The fraction of sp³-hybridized carbons (Fsp3) is 0.100. The van der Waals surface area contributed by atoms with E-state index in [0.29, 0.717) is 10.9 Å². The van der Waals surface area contributed by atoms with Gasteiger partial charge in [-0.2, -0.15) is 5.10 Å². The van der Waals surface area contributed by atoms with Gasteiger partial charge in [0.25, 0.3) is 0 Å². The quantitative estimate of drug-likeness (QED) is 0.580. The maximum atomic E-state index is 12.9. The molecule has 2 aromatic rings. The molecule has 1 saturated heterocycles. The molecule has 0 unspecified atom stereocenters. The SMILES string of the molecule is O=C(C[C@@H]1S\C(=N/N=C\C=C\c2ccccc2)NC1=O)Nc1ccc(F)cc1. The molecule has 1 aliphatic rings. The van der Waals surface area contributed by atoms with Crippen LogP contribution in [0.5, 0.6) is 0 Å². The molecule has 6 nitrogen and oxygen atoms in total. The lowest BCUT2D eigenvalue weighted by atomic mass is 10.2. The van der Waals surface area contributed by atoms with Crippen molar-refractivity contribution in [2.75, 3.05) is 5.32 Å². The van der Waals surface area contributed by atoms with E-state index in [9.17, 15) is 14.0 Å². The molecule has 0 bridgehead atoms. The molecule has 28 heavy (non-hydrogen) atoms. The highest BCUT2D eigenvalue weighted by Gasteiger charge is 2.32.